The molecule has 0 atom stereocenters. The SMILES string of the molecule is O=S(=O)(C=Cc1ccc(Br)cc1)Cc1ccc(Br)cc1. The molecule has 104 valence electrons. The molecule has 0 aromatic heterocycles. The van der Waals surface area contributed by atoms with Gasteiger partial charge in [-0.1, -0.05) is 56.1 Å². The topological polar surface area (TPSA) is 34.1 Å². The predicted molar refractivity (Wildman–Crippen MR) is 89.9 cm³/mol. The molecular weight excluding hydrogens is 404 g/mol. The van der Waals surface area contributed by atoms with Crippen LogP contribution >= 0.6 is 31.9 Å². The van der Waals surface area contributed by atoms with Gasteiger partial charge in [0.2, 0.25) is 0 Å². The van der Waals surface area contributed by atoms with Gasteiger partial charge >= 0.3 is 0 Å². The number of hydrogen-bond donors (Lipinski definition) is 0. The van der Waals surface area contributed by atoms with E-state index >= 15 is 0 Å². The third-order valence-corrected chi connectivity index (χ3v) is 4.96. The molecule has 2 rings (SSSR count). The number of benzene rings is 2. The lowest BCUT2D eigenvalue weighted by molar-refractivity contribution is 0.604. The average molecular weight is 416 g/mol. The molecule has 0 radical (unpaired) electrons. The van der Waals surface area contributed by atoms with Gasteiger partial charge in [-0.25, -0.2) is 8.42 Å². The first-order valence-electron chi connectivity index (χ1n) is 5.85. The summed E-state index contributed by atoms with van der Waals surface area (Å²) in [6, 6.07) is 14.7. The minimum Gasteiger partial charge on any atom is -0.224 e. The minimum absolute atomic E-state index is 0.00725. The molecule has 20 heavy (non-hydrogen) atoms. The van der Waals surface area contributed by atoms with E-state index in [1.54, 1.807) is 18.2 Å². The minimum atomic E-state index is -3.26. The zero-order valence-electron chi connectivity index (χ0n) is 10.5. The van der Waals surface area contributed by atoms with E-state index in [9.17, 15) is 8.42 Å². The van der Waals surface area contributed by atoms with Crippen molar-refractivity contribution in [2.75, 3.05) is 0 Å². The van der Waals surface area contributed by atoms with Crippen LogP contribution in [0.25, 0.3) is 6.08 Å². The molecule has 0 amide bonds. The van der Waals surface area contributed by atoms with Gasteiger partial charge in [-0.15, -0.1) is 0 Å². The Hall–Kier alpha value is -0.910. The van der Waals surface area contributed by atoms with Crippen LogP contribution in [-0.4, -0.2) is 8.42 Å². The van der Waals surface area contributed by atoms with Crippen LogP contribution in [0.5, 0.6) is 0 Å². The maximum absolute atomic E-state index is 12.0. The molecule has 2 nitrogen and oxygen atoms in total. The molecule has 0 saturated carbocycles. The summed E-state index contributed by atoms with van der Waals surface area (Å²) >= 11 is 6.66. The van der Waals surface area contributed by atoms with Gasteiger partial charge in [0.25, 0.3) is 0 Å². The maximum Gasteiger partial charge on any atom is 0.175 e. The number of hydrogen-bond acceptors (Lipinski definition) is 2. The first-order chi connectivity index (χ1) is 9.44. The van der Waals surface area contributed by atoms with Gasteiger partial charge < -0.3 is 0 Å². The summed E-state index contributed by atoms with van der Waals surface area (Å²) in [5.41, 5.74) is 1.63. The van der Waals surface area contributed by atoms with Crippen LogP contribution in [0.2, 0.25) is 0 Å². The van der Waals surface area contributed by atoms with E-state index in [4.69, 9.17) is 0 Å². The summed E-state index contributed by atoms with van der Waals surface area (Å²) in [7, 11) is -3.26. The van der Waals surface area contributed by atoms with Crippen molar-refractivity contribution in [1.82, 2.24) is 0 Å². The summed E-state index contributed by atoms with van der Waals surface area (Å²) < 4.78 is 25.9. The second-order valence-electron chi connectivity index (χ2n) is 4.29. The summed E-state index contributed by atoms with van der Waals surface area (Å²) in [4.78, 5) is 0. The predicted octanol–water partition coefficient (Wildman–Crippen LogP) is 4.80. The Morgan fingerprint density at radius 3 is 1.90 bits per heavy atom. The number of halogens is 2. The van der Waals surface area contributed by atoms with Crippen molar-refractivity contribution < 1.29 is 8.42 Å². The third kappa shape index (κ3) is 4.89. The van der Waals surface area contributed by atoms with E-state index < -0.39 is 9.84 Å². The summed E-state index contributed by atoms with van der Waals surface area (Å²) in [6.45, 7) is 0. The Balaban J connectivity index is 2.11. The fraction of sp³-hybridized carbons (Fsp3) is 0.0667. The van der Waals surface area contributed by atoms with Gasteiger partial charge in [0, 0.05) is 14.4 Å². The lowest BCUT2D eigenvalue weighted by Crippen LogP contribution is -1.99. The smallest absolute Gasteiger partial charge is 0.175 e. The molecular formula is C15H12Br2O2S. The molecule has 0 unspecified atom stereocenters. The van der Waals surface area contributed by atoms with Gasteiger partial charge in [-0.05, 0) is 41.5 Å². The van der Waals surface area contributed by atoms with E-state index in [0.29, 0.717) is 0 Å². The average Bonchev–Trinajstić information content (AvgIpc) is 2.41. The Bertz CT molecular complexity index is 703. The van der Waals surface area contributed by atoms with Crippen LogP contribution < -0.4 is 0 Å². The molecule has 0 N–H and O–H groups in total. The van der Waals surface area contributed by atoms with Crippen LogP contribution in [-0.2, 0) is 15.6 Å². The van der Waals surface area contributed by atoms with Crippen molar-refractivity contribution in [3.05, 3.63) is 74.0 Å². The van der Waals surface area contributed by atoms with Gasteiger partial charge in [0.15, 0.2) is 9.84 Å². The van der Waals surface area contributed by atoms with E-state index in [1.165, 1.54) is 5.41 Å². The molecule has 0 bridgehead atoms. The van der Waals surface area contributed by atoms with Crippen LogP contribution in [0.15, 0.2) is 62.9 Å². The van der Waals surface area contributed by atoms with Crippen molar-refractivity contribution in [3.63, 3.8) is 0 Å². The monoisotopic (exact) mass is 414 g/mol. The largest absolute Gasteiger partial charge is 0.224 e. The molecule has 0 aliphatic rings. The van der Waals surface area contributed by atoms with Gasteiger partial charge in [-0.3, -0.25) is 0 Å². The standard InChI is InChI=1S/C15H12Br2O2S/c16-14-5-1-12(2-6-14)9-10-20(18,19)11-13-3-7-15(17)8-4-13/h1-10H,11H2. The van der Waals surface area contributed by atoms with E-state index in [1.807, 2.05) is 36.4 Å². The number of rotatable bonds is 4. The van der Waals surface area contributed by atoms with E-state index in [-0.39, 0.29) is 5.75 Å². The highest BCUT2D eigenvalue weighted by Gasteiger charge is 2.07. The maximum atomic E-state index is 12.0. The fourth-order valence-corrected chi connectivity index (χ4v) is 3.26. The molecule has 5 heteroatoms. The highest BCUT2D eigenvalue weighted by atomic mass is 79.9. The zero-order chi connectivity index (χ0) is 14.6. The molecule has 0 spiro atoms. The Kier molecular flexibility index (Phi) is 5.18. The Morgan fingerprint density at radius 1 is 0.850 bits per heavy atom. The quantitative estimate of drug-likeness (QED) is 0.718. The van der Waals surface area contributed by atoms with Gasteiger partial charge in [0.05, 0.1) is 5.75 Å². The zero-order valence-corrected chi connectivity index (χ0v) is 14.4. The first-order valence-corrected chi connectivity index (χ1v) is 9.16. The molecule has 0 saturated heterocycles. The van der Waals surface area contributed by atoms with Crippen LogP contribution in [0.1, 0.15) is 11.1 Å². The van der Waals surface area contributed by atoms with E-state index in [2.05, 4.69) is 31.9 Å². The van der Waals surface area contributed by atoms with Gasteiger partial charge in [-0.2, -0.15) is 0 Å². The van der Waals surface area contributed by atoms with Crippen LogP contribution in [0, 0.1) is 0 Å². The lowest BCUT2D eigenvalue weighted by atomic mass is 10.2. The summed E-state index contributed by atoms with van der Waals surface area (Å²) in [6.07, 6.45) is 1.61. The second kappa shape index (κ2) is 6.70. The third-order valence-electron chi connectivity index (χ3n) is 2.62. The van der Waals surface area contributed by atoms with Crippen molar-refractivity contribution >= 4 is 47.8 Å². The van der Waals surface area contributed by atoms with Crippen molar-refractivity contribution in [2.24, 2.45) is 0 Å². The van der Waals surface area contributed by atoms with Crippen molar-refractivity contribution in [2.45, 2.75) is 5.75 Å². The molecule has 2 aromatic carbocycles. The highest BCUT2D eigenvalue weighted by Crippen LogP contribution is 2.15. The Labute approximate surface area is 135 Å². The second-order valence-corrected chi connectivity index (χ2v) is 8.01. The lowest BCUT2D eigenvalue weighted by Gasteiger charge is -2.00. The molecule has 0 aliphatic heterocycles. The molecule has 0 heterocycles. The fourth-order valence-electron chi connectivity index (χ4n) is 1.62. The summed E-state index contributed by atoms with van der Waals surface area (Å²) in [5.74, 6) is 0.00725. The molecule has 0 fully saturated rings. The van der Waals surface area contributed by atoms with Crippen LogP contribution in [0.4, 0.5) is 0 Å². The normalized spacial score (nSPS) is 11.9. The van der Waals surface area contributed by atoms with Crippen molar-refractivity contribution in [1.29, 1.82) is 0 Å². The van der Waals surface area contributed by atoms with Crippen molar-refractivity contribution in [3.8, 4) is 0 Å². The molecule has 2 aromatic rings. The number of sulfone groups is 1. The Morgan fingerprint density at radius 2 is 1.35 bits per heavy atom. The highest BCUT2D eigenvalue weighted by molar-refractivity contribution is 9.10. The molecule has 0 aliphatic carbocycles. The van der Waals surface area contributed by atoms with Crippen LogP contribution in [0.3, 0.4) is 0 Å². The summed E-state index contributed by atoms with van der Waals surface area (Å²) in [5, 5.41) is 1.26. The first kappa shape index (κ1) is 15.5. The van der Waals surface area contributed by atoms with E-state index in [0.717, 1.165) is 20.1 Å². The van der Waals surface area contributed by atoms with Gasteiger partial charge in [0.1, 0.15) is 0 Å².